The normalized spacial score (nSPS) is 19.6. The van der Waals surface area contributed by atoms with E-state index in [1.807, 2.05) is 62.4 Å². The predicted octanol–water partition coefficient (Wildman–Crippen LogP) is 8.25. The maximum atomic E-state index is 14.1. The molecule has 6 nitrogen and oxygen atoms in total. The number of hydrogen-bond donors (Lipinski definition) is 1. The van der Waals surface area contributed by atoms with Gasteiger partial charge in [0.2, 0.25) is 0 Å². The Morgan fingerprint density at radius 3 is 1.96 bits per heavy atom. The Labute approximate surface area is 276 Å². The molecule has 0 saturated carbocycles. The van der Waals surface area contributed by atoms with Gasteiger partial charge >= 0.3 is 15.4 Å². The van der Waals surface area contributed by atoms with Crippen LogP contribution in [0, 0.1) is 0 Å². The molecule has 6 rings (SSSR count). The fraction of sp³-hybridized carbons (Fsp3) is 0.243. The van der Waals surface area contributed by atoms with E-state index in [9.17, 15) is 17.2 Å². The van der Waals surface area contributed by atoms with Gasteiger partial charge in [-0.05, 0) is 91.2 Å². The minimum absolute atomic E-state index is 0.0472. The summed E-state index contributed by atoms with van der Waals surface area (Å²) in [5.74, 6) is 0.0472. The molecule has 1 N–H and O–H groups in total. The summed E-state index contributed by atoms with van der Waals surface area (Å²) < 4.78 is 77.9. The second-order valence-corrected chi connectivity index (χ2v) is 15.6. The van der Waals surface area contributed by atoms with E-state index in [0.29, 0.717) is 13.2 Å². The van der Waals surface area contributed by atoms with Gasteiger partial charge in [0.15, 0.2) is 20.8 Å². The van der Waals surface area contributed by atoms with Crippen LogP contribution in [0.3, 0.4) is 0 Å². The van der Waals surface area contributed by atoms with Gasteiger partial charge < -0.3 is 14.2 Å². The highest BCUT2D eigenvalue weighted by Crippen LogP contribution is 2.43. The third kappa shape index (κ3) is 6.53. The van der Waals surface area contributed by atoms with E-state index in [0.717, 1.165) is 43.5 Å². The lowest BCUT2D eigenvalue weighted by atomic mass is 9.82. The molecule has 0 aliphatic carbocycles. The molecule has 3 unspecified atom stereocenters. The summed E-state index contributed by atoms with van der Waals surface area (Å²) in [6, 6.07) is 39.3. The Kier molecular flexibility index (Phi) is 8.92. The molecule has 0 radical (unpaired) electrons. The van der Waals surface area contributed by atoms with Crippen LogP contribution in [0.15, 0.2) is 136 Å². The fourth-order valence-electron chi connectivity index (χ4n) is 5.69. The molecule has 1 fully saturated rings. The van der Waals surface area contributed by atoms with Crippen molar-refractivity contribution >= 4 is 31.8 Å². The Bertz CT molecular complexity index is 1950. The molecule has 0 spiro atoms. The van der Waals surface area contributed by atoms with Gasteiger partial charge in [0.05, 0.1) is 29.7 Å². The molecule has 1 aliphatic heterocycles. The van der Waals surface area contributed by atoms with Crippen LogP contribution in [-0.4, -0.2) is 43.1 Å². The van der Waals surface area contributed by atoms with Crippen molar-refractivity contribution in [2.75, 3.05) is 13.2 Å². The van der Waals surface area contributed by atoms with Gasteiger partial charge in [-0.2, -0.15) is 17.2 Å². The van der Waals surface area contributed by atoms with Crippen molar-refractivity contribution in [1.29, 1.82) is 0 Å². The van der Waals surface area contributed by atoms with E-state index in [2.05, 4.69) is 48.5 Å². The standard InChI is InChI=1S/C37H34F2O6S2/c1-26(37(38,39)47(40,41)42)45-29-18-22-32(23-19-29)46(30-12-5-4-6-13-30)31-20-16-28(17-21-31)36(25-43-35(2,3)24-44-36)34-15-9-11-27-10-7-8-14-33(27)34/h4-23,26H,24-25H2,1-3H3/p+1. The smallest absolute Gasteiger partial charge is 0.405 e. The van der Waals surface area contributed by atoms with Gasteiger partial charge in [-0.25, -0.2) is 0 Å². The zero-order valence-electron chi connectivity index (χ0n) is 26.1. The Balaban J connectivity index is 1.37. The molecule has 0 amide bonds. The second-order valence-electron chi connectivity index (χ2n) is 12.1. The largest absolute Gasteiger partial charge is 0.483 e. The molecule has 47 heavy (non-hydrogen) atoms. The summed E-state index contributed by atoms with van der Waals surface area (Å²) in [6.07, 6.45) is -2.10. The van der Waals surface area contributed by atoms with E-state index >= 15 is 0 Å². The molecule has 0 aromatic heterocycles. The zero-order chi connectivity index (χ0) is 33.5. The molecule has 5 aromatic carbocycles. The predicted molar refractivity (Wildman–Crippen MR) is 179 cm³/mol. The number of alkyl halides is 2. The number of halogens is 2. The van der Waals surface area contributed by atoms with Crippen molar-refractivity contribution in [2.24, 2.45) is 0 Å². The van der Waals surface area contributed by atoms with Crippen LogP contribution in [0.5, 0.6) is 5.75 Å². The maximum absolute atomic E-state index is 14.1. The summed E-state index contributed by atoms with van der Waals surface area (Å²) in [5, 5.41) is -2.26. The molecule has 1 saturated heterocycles. The molecule has 5 aromatic rings. The van der Waals surface area contributed by atoms with E-state index in [4.69, 9.17) is 18.8 Å². The second kappa shape index (κ2) is 12.7. The lowest BCUT2D eigenvalue weighted by molar-refractivity contribution is -0.212. The van der Waals surface area contributed by atoms with Crippen LogP contribution in [0.2, 0.25) is 0 Å². The van der Waals surface area contributed by atoms with E-state index in [1.165, 1.54) is 12.1 Å². The van der Waals surface area contributed by atoms with Crippen LogP contribution in [0.4, 0.5) is 8.78 Å². The first-order valence-corrected chi connectivity index (χ1v) is 17.7. The van der Waals surface area contributed by atoms with Crippen molar-refractivity contribution in [3.05, 3.63) is 132 Å². The van der Waals surface area contributed by atoms with Gasteiger partial charge in [0.25, 0.3) is 0 Å². The van der Waals surface area contributed by atoms with Gasteiger partial charge in [0.1, 0.15) is 11.4 Å². The van der Waals surface area contributed by atoms with Crippen molar-refractivity contribution < 1.29 is 36.0 Å². The van der Waals surface area contributed by atoms with E-state index < -0.39 is 43.6 Å². The van der Waals surface area contributed by atoms with E-state index in [1.54, 1.807) is 12.1 Å². The Morgan fingerprint density at radius 1 is 0.766 bits per heavy atom. The first-order chi connectivity index (χ1) is 22.3. The summed E-state index contributed by atoms with van der Waals surface area (Å²) in [4.78, 5) is 2.96. The molecule has 0 bridgehead atoms. The average Bonchev–Trinajstić information content (AvgIpc) is 3.06. The lowest BCUT2D eigenvalue weighted by Gasteiger charge is -2.44. The van der Waals surface area contributed by atoms with Gasteiger partial charge in [-0.3, -0.25) is 4.55 Å². The minimum Gasteiger partial charge on any atom is -0.483 e. The highest BCUT2D eigenvalue weighted by molar-refractivity contribution is 7.97. The molecular formula is C37H35F2O6S2+. The summed E-state index contributed by atoms with van der Waals surface area (Å²) in [7, 11) is -6.22. The highest BCUT2D eigenvalue weighted by atomic mass is 32.2. The molecular weight excluding hydrogens is 643 g/mol. The average molecular weight is 678 g/mol. The summed E-state index contributed by atoms with van der Waals surface area (Å²) >= 11 is 0. The summed E-state index contributed by atoms with van der Waals surface area (Å²) in [6.45, 7) is 5.69. The topological polar surface area (TPSA) is 82.1 Å². The summed E-state index contributed by atoms with van der Waals surface area (Å²) in [5.41, 5.74) is 0.733. The SMILES string of the molecule is CC(Oc1ccc([S+](c2ccccc2)c2ccc(C3(c4cccc5ccccc45)COC(C)(C)CO3)cc2)cc1)C(F)(F)S(=O)(=O)O. The molecule has 244 valence electrons. The van der Waals surface area contributed by atoms with Crippen molar-refractivity contribution in [2.45, 2.75) is 58.0 Å². The third-order valence-corrected chi connectivity index (χ3v) is 11.5. The van der Waals surface area contributed by atoms with Crippen LogP contribution in [-0.2, 0) is 36.1 Å². The first-order valence-electron chi connectivity index (χ1n) is 15.1. The fourth-order valence-corrected chi connectivity index (χ4v) is 8.22. The number of fused-ring (bicyclic) bond motifs is 1. The third-order valence-electron chi connectivity index (χ3n) is 8.28. The number of hydrogen-bond acceptors (Lipinski definition) is 5. The van der Waals surface area contributed by atoms with Crippen molar-refractivity contribution in [3.63, 3.8) is 0 Å². The van der Waals surface area contributed by atoms with Gasteiger partial charge in [-0.15, -0.1) is 0 Å². The maximum Gasteiger partial charge on any atom is 0.405 e. The highest BCUT2D eigenvalue weighted by Gasteiger charge is 2.51. The molecule has 3 atom stereocenters. The quantitative estimate of drug-likeness (QED) is 0.125. The minimum atomic E-state index is -5.64. The zero-order valence-corrected chi connectivity index (χ0v) is 27.7. The van der Waals surface area contributed by atoms with Crippen LogP contribution < -0.4 is 4.74 Å². The number of rotatable bonds is 9. The van der Waals surface area contributed by atoms with Gasteiger partial charge in [0, 0.05) is 0 Å². The number of benzene rings is 5. The lowest BCUT2D eigenvalue weighted by Crippen LogP contribution is -2.49. The number of ether oxygens (including phenoxy) is 3. The Hall–Kier alpha value is -3.80. The first kappa shape index (κ1) is 33.1. The van der Waals surface area contributed by atoms with Crippen LogP contribution >= 0.6 is 0 Å². The monoisotopic (exact) mass is 677 g/mol. The van der Waals surface area contributed by atoms with Crippen molar-refractivity contribution in [1.82, 2.24) is 0 Å². The molecule has 1 heterocycles. The molecule has 10 heteroatoms. The van der Waals surface area contributed by atoms with E-state index in [-0.39, 0.29) is 5.75 Å². The van der Waals surface area contributed by atoms with Crippen molar-refractivity contribution in [3.8, 4) is 5.75 Å². The molecule has 1 aliphatic rings. The Morgan fingerprint density at radius 2 is 1.34 bits per heavy atom. The van der Waals surface area contributed by atoms with Gasteiger partial charge in [-0.1, -0.05) is 72.8 Å². The van der Waals surface area contributed by atoms with Crippen LogP contribution in [0.1, 0.15) is 31.9 Å². The van der Waals surface area contributed by atoms with Crippen LogP contribution in [0.25, 0.3) is 10.8 Å².